The summed E-state index contributed by atoms with van der Waals surface area (Å²) in [5, 5.41) is 19.5. The molecule has 3 aromatic carbocycles. The van der Waals surface area contributed by atoms with Gasteiger partial charge in [-0.2, -0.15) is 5.26 Å². The summed E-state index contributed by atoms with van der Waals surface area (Å²) in [5.41, 5.74) is 4.37. The van der Waals surface area contributed by atoms with Gasteiger partial charge in [0, 0.05) is 39.3 Å². The first-order valence-electron chi connectivity index (χ1n) is 13.9. The number of fused-ring (bicyclic) bond motifs is 1. The van der Waals surface area contributed by atoms with E-state index in [1.54, 1.807) is 35.2 Å². The largest absolute Gasteiger partial charge is 0.455 e. The molecule has 0 atom stereocenters. The van der Waals surface area contributed by atoms with Gasteiger partial charge in [0.05, 0.1) is 30.4 Å². The van der Waals surface area contributed by atoms with Gasteiger partial charge in [-0.3, -0.25) is 14.6 Å². The zero-order valence-electron chi connectivity index (χ0n) is 24.2. The van der Waals surface area contributed by atoms with Gasteiger partial charge in [-0.15, -0.1) is 0 Å². The van der Waals surface area contributed by atoms with Crippen molar-refractivity contribution in [3.05, 3.63) is 89.0 Å². The van der Waals surface area contributed by atoms with Crippen molar-refractivity contribution in [3.63, 3.8) is 0 Å². The molecule has 3 aromatic rings. The molecule has 2 amide bonds. The molecule has 0 unspecified atom stereocenters. The average Bonchev–Trinajstić information content (AvgIpc) is 3.40. The first kappa shape index (κ1) is 29.6. The van der Waals surface area contributed by atoms with Crippen molar-refractivity contribution < 1.29 is 14.3 Å². The molecule has 1 heterocycles. The number of hydrazine groups is 1. The van der Waals surface area contributed by atoms with Crippen molar-refractivity contribution in [2.24, 2.45) is 0 Å². The van der Waals surface area contributed by atoms with E-state index in [1.165, 1.54) is 11.1 Å². The Balaban J connectivity index is 1.57. The number of aryl methyl sites for hydroxylation is 1. The number of benzene rings is 3. The van der Waals surface area contributed by atoms with Gasteiger partial charge >= 0.3 is 0 Å². The van der Waals surface area contributed by atoms with Crippen LogP contribution in [0, 0.1) is 18.3 Å². The molecule has 0 fully saturated rings. The average molecular weight is 555 g/mol. The third kappa shape index (κ3) is 8.07. The molecule has 41 heavy (non-hydrogen) atoms. The molecule has 0 saturated heterocycles. The van der Waals surface area contributed by atoms with Crippen LogP contribution in [0.3, 0.4) is 0 Å². The lowest BCUT2D eigenvalue weighted by molar-refractivity contribution is -0.145. The molecule has 9 heteroatoms. The minimum Gasteiger partial charge on any atom is -0.455 e. The van der Waals surface area contributed by atoms with Crippen LogP contribution in [-0.2, 0) is 22.7 Å². The number of nitrogens with one attached hydrogen (secondary N) is 2. The van der Waals surface area contributed by atoms with Crippen LogP contribution in [-0.4, -0.2) is 61.1 Å². The highest BCUT2D eigenvalue weighted by Gasteiger charge is 2.27. The fraction of sp³-hybridized carbons (Fsp3) is 0.344. The van der Waals surface area contributed by atoms with Crippen LogP contribution in [0.5, 0.6) is 11.5 Å². The van der Waals surface area contributed by atoms with Crippen molar-refractivity contribution in [1.82, 2.24) is 20.7 Å². The van der Waals surface area contributed by atoms with Gasteiger partial charge in [0.2, 0.25) is 5.91 Å². The second-order valence-electron chi connectivity index (χ2n) is 10.5. The Labute approximate surface area is 242 Å². The lowest BCUT2D eigenvalue weighted by atomic mass is 10.1. The second kappa shape index (κ2) is 13.8. The number of nitriles is 1. The summed E-state index contributed by atoms with van der Waals surface area (Å²) in [6, 6.07) is 23.3. The predicted molar refractivity (Wildman–Crippen MR) is 159 cm³/mol. The molecule has 0 aliphatic carbocycles. The van der Waals surface area contributed by atoms with E-state index in [1.807, 2.05) is 62.2 Å². The Hall–Kier alpha value is -4.39. The maximum Gasteiger partial charge on any atom is 0.256 e. The summed E-state index contributed by atoms with van der Waals surface area (Å²) in [7, 11) is 1.75. The van der Waals surface area contributed by atoms with Crippen molar-refractivity contribution in [1.29, 1.82) is 5.26 Å². The molecule has 0 bridgehead atoms. The Morgan fingerprint density at radius 3 is 2.32 bits per heavy atom. The molecule has 0 saturated carbocycles. The van der Waals surface area contributed by atoms with E-state index >= 15 is 0 Å². The molecule has 1 aliphatic heterocycles. The van der Waals surface area contributed by atoms with E-state index in [4.69, 9.17) is 4.74 Å². The highest BCUT2D eigenvalue weighted by Crippen LogP contribution is 2.34. The number of likely N-dealkylation sites (N-methyl/N-ethyl adjacent to an activating group) is 1. The quantitative estimate of drug-likeness (QED) is 0.327. The van der Waals surface area contributed by atoms with E-state index in [9.17, 15) is 14.9 Å². The minimum absolute atomic E-state index is 0.0827. The van der Waals surface area contributed by atoms with Crippen molar-refractivity contribution in [2.45, 2.75) is 39.9 Å². The summed E-state index contributed by atoms with van der Waals surface area (Å²) < 4.78 is 6.21. The van der Waals surface area contributed by atoms with E-state index in [0.29, 0.717) is 55.0 Å². The Morgan fingerprint density at radius 2 is 1.68 bits per heavy atom. The molecule has 0 radical (unpaired) electrons. The van der Waals surface area contributed by atoms with Gasteiger partial charge in [0.25, 0.3) is 5.91 Å². The van der Waals surface area contributed by atoms with Crippen LogP contribution < -0.4 is 20.3 Å². The number of rotatable bonds is 12. The number of anilines is 1. The standard InChI is InChI=1S/C32H38N6O3/c1-23(2)34-15-16-35-31(39)21-37(22-32(40)36(4)38-19-26-7-5-6-8-27(26)20-38)29-17-25(18-33)11-14-30(29)41-28-12-9-24(3)10-13-28/h5-14,17,23,34H,15-16,19-22H2,1-4H3,(H,35,39). The smallest absolute Gasteiger partial charge is 0.256 e. The zero-order chi connectivity index (χ0) is 29.4. The van der Waals surface area contributed by atoms with E-state index < -0.39 is 0 Å². The Morgan fingerprint density at radius 1 is 1.00 bits per heavy atom. The van der Waals surface area contributed by atoms with Crippen LogP contribution in [0.1, 0.15) is 36.1 Å². The number of nitrogens with zero attached hydrogens (tertiary/aromatic N) is 4. The number of amides is 2. The maximum atomic E-state index is 13.6. The Kier molecular flexibility index (Phi) is 9.95. The summed E-state index contributed by atoms with van der Waals surface area (Å²) in [4.78, 5) is 28.4. The molecule has 4 rings (SSSR count). The van der Waals surface area contributed by atoms with E-state index in [-0.39, 0.29) is 24.9 Å². The van der Waals surface area contributed by atoms with Gasteiger partial charge in [-0.25, -0.2) is 5.01 Å². The molecule has 2 N–H and O–H groups in total. The van der Waals surface area contributed by atoms with Crippen LogP contribution >= 0.6 is 0 Å². The van der Waals surface area contributed by atoms with Crippen molar-refractivity contribution in [2.75, 3.05) is 38.1 Å². The van der Waals surface area contributed by atoms with Gasteiger partial charge in [0.15, 0.2) is 5.75 Å². The van der Waals surface area contributed by atoms with Crippen LogP contribution in [0.4, 0.5) is 5.69 Å². The van der Waals surface area contributed by atoms with Crippen LogP contribution in [0.25, 0.3) is 0 Å². The predicted octanol–water partition coefficient (Wildman–Crippen LogP) is 3.97. The third-order valence-corrected chi connectivity index (χ3v) is 6.95. The van der Waals surface area contributed by atoms with Gasteiger partial charge in [-0.1, -0.05) is 55.8 Å². The third-order valence-electron chi connectivity index (χ3n) is 6.95. The lowest BCUT2D eigenvalue weighted by Gasteiger charge is -2.32. The first-order chi connectivity index (χ1) is 19.7. The van der Waals surface area contributed by atoms with Gasteiger partial charge in [-0.05, 0) is 48.4 Å². The normalized spacial score (nSPS) is 12.5. The van der Waals surface area contributed by atoms with Crippen molar-refractivity contribution >= 4 is 17.5 Å². The summed E-state index contributed by atoms with van der Waals surface area (Å²) >= 11 is 0. The molecule has 0 spiro atoms. The highest BCUT2D eigenvalue weighted by atomic mass is 16.5. The number of hydrogen-bond donors (Lipinski definition) is 2. The van der Waals surface area contributed by atoms with E-state index in [0.717, 1.165) is 5.56 Å². The number of carbonyl (C=O) groups excluding carboxylic acids is 2. The fourth-order valence-electron chi connectivity index (χ4n) is 4.62. The summed E-state index contributed by atoms with van der Waals surface area (Å²) in [6.45, 7) is 8.27. The van der Waals surface area contributed by atoms with Gasteiger partial charge < -0.3 is 20.3 Å². The fourth-order valence-corrected chi connectivity index (χ4v) is 4.62. The highest BCUT2D eigenvalue weighted by molar-refractivity contribution is 5.87. The minimum atomic E-state index is -0.233. The summed E-state index contributed by atoms with van der Waals surface area (Å²) in [5.74, 6) is 0.647. The second-order valence-corrected chi connectivity index (χ2v) is 10.5. The molecular weight excluding hydrogens is 516 g/mol. The molecule has 0 aromatic heterocycles. The topological polar surface area (TPSA) is 101 Å². The van der Waals surface area contributed by atoms with Crippen LogP contribution in [0.2, 0.25) is 0 Å². The first-order valence-corrected chi connectivity index (χ1v) is 13.9. The van der Waals surface area contributed by atoms with Gasteiger partial charge in [0.1, 0.15) is 5.75 Å². The summed E-state index contributed by atoms with van der Waals surface area (Å²) in [6.07, 6.45) is 0. The molecule has 1 aliphatic rings. The zero-order valence-corrected chi connectivity index (χ0v) is 24.2. The maximum absolute atomic E-state index is 13.6. The molecule has 9 nitrogen and oxygen atoms in total. The van der Waals surface area contributed by atoms with Crippen LogP contribution in [0.15, 0.2) is 66.7 Å². The van der Waals surface area contributed by atoms with Crippen molar-refractivity contribution in [3.8, 4) is 17.6 Å². The molecular formula is C32H38N6O3. The SMILES string of the molecule is Cc1ccc(Oc2ccc(C#N)cc2N(CC(=O)NCCNC(C)C)CC(=O)N(C)N2Cc3ccccc3C2)cc1. The van der Waals surface area contributed by atoms with E-state index in [2.05, 4.69) is 28.8 Å². The number of ether oxygens (including phenoxy) is 1. The number of hydrogen-bond acceptors (Lipinski definition) is 7. The number of carbonyl (C=O) groups is 2. The molecule has 214 valence electrons. The Bertz CT molecular complexity index is 1370. The monoisotopic (exact) mass is 554 g/mol. The lowest BCUT2D eigenvalue weighted by Crippen LogP contribution is -2.48.